The number of nitrogens with zero attached hydrogens (tertiary/aromatic N) is 1. The molecule has 3 rings (SSSR count). The molecule has 3 aromatic rings. The van der Waals surface area contributed by atoms with Gasteiger partial charge in [0.05, 0.1) is 11.4 Å². The molecular formula is C15H11FN2O. The van der Waals surface area contributed by atoms with E-state index in [2.05, 4.69) is 4.98 Å². The highest BCUT2D eigenvalue weighted by atomic mass is 19.1. The maximum absolute atomic E-state index is 13.3. The molecular weight excluding hydrogens is 243 g/mol. The van der Waals surface area contributed by atoms with Gasteiger partial charge in [-0.2, -0.15) is 0 Å². The maximum Gasteiger partial charge on any atom is 0.218 e. The number of hydrogen-bond donors (Lipinski definition) is 1. The summed E-state index contributed by atoms with van der Waals surface area (Å²) in [5, 5.41) is 0.916. The van der Waals surface area contributed by atoms with Gasteiger partial charge in [0.1, 0.15) is 5.82 Å². The van der Waals surface area contributed by atoms with Crippen molar-refractivity contribution in [3.05, 3.63) is 60.5 Å². The Morgan fingerprint density at radius 2 is 1.95 bits per heavy atom. The molecule has 0 aliphatic carbocycles. The molecule has 1 heterocycles. The molecule has 1 N–H and O–H groups in total. The lowest BCUT2D eigenvalue weighted by Crippen LogP contribution is -2.13. The molecule has 0 atom stereocenters. The van der Waals surface area contributed by atoms with Gasteiger partial charge in [-0.1, -0.05) is 24.3 Å². The van der Waals surface area contributed by atoms with Crippen LogP contribution in [0.1, 0.15) is 0 Å². The minimum Gasteiger partial charge on any atom is -0.359 e. The second-order valence-electron chi connectivity index (χ2n) is 4.17. The van der Waals surface area contributed by atoms with Crippen molar-refractivity contribution in [3.63, 3.8) is 0 Å². The topological polar surface area (TPSA) is 36.1 Å². The van der Waals surface area contributed by atoms with E-state index in [-0.39, 0.29) is 5.82 Å². The molecule has 2 aromatic carbocycles. The zero-order valence-corrected chi connectivity index (χ0v) is 10.0. The summed E-state index contributed by atoms with van der Waals surface area (Å²) < 4.78 is 13.3. The zero-order valence-electron chi connectivity index (χ0n) is 10.0. The lowest BCUT2D eigenvalue weighted by molar-refractivity contribution is -0.106. The molecule has 1 aromatic heterocycles. The van der Waals surface area contributed by atoms with Crippen molar-refractivity contribution in [1.82, 2.24) is 4.98 Å². The number of rotatable bonds is 3. The highest BCUT2D eigenvalue weighted by Gasteiger charge is 2.13. The summed E-state index contributed by atoms with van der Waals surface area (Å²) in [4.78, 5) is 15.9. The fraction of sp³-hybridized carbons (Fsp3) is 0. The summed E-state index contributed by atoms with van der Waals surface area (Å²) in [6.45, 7) is 0. The second kappa shape index (κ2) is 4.57. The van der Waals surface area contributed by atoms with Gasteiger partial charge < -0.3 is 4.98 Å². The fourth-order valence-corrected chi connectivity index (χ4v) is 2.14. The molecule has 94 valence electrons. The predicted molar refractivity (Wildman–Crippen MR) is 72.9 cm³/mol. The Hall–Kier alpha value is -2.62. The van der Waals surface area contributed by atoms with Crippen molar-refractivity contribution in [2.75, 3.05) is 4.90 Å². The standard InChI is InChI=1S/C15H11FN2O/c16-11-4-3-5-12(8-11)18(10-19)15-9-17-14-7-2-1-6-13(14)15/h1-10,17H. The number of amides is 1. The quantitative estimate of drug-likeness (QED) is 0.712. The van der Waals surface area contributed by atoms with E-state index >= 15 is 0 Å². The number of carbonyl (C=O) groups excluding carboxylic acids is 1. The molecule has 4 heteroatoms. The summed E-state index contributed by atoms with van der Waals surface area (Å²) in [7, 11) is 0. The van der Waals surface area contributed by atoms with Gasteiger partial charge in [0.25, 0.3) is 0 Å². The molecule has 0 aliphatic heterocycles. The third-order valence-electron chi connectivity index (χ3n) is 3.02. The zero-order chi connectivity index (χ0) is 13.2. The van der Waals surface area contributed by atoms with Gasteiger partial charge in [0, 0.05) is 17.1 Å². The Morgan fingerprint density at radius 1 is 1.11 bits per heavy atom. The third kappa shape index (κ3) is 1.97. The van der Waals surface area contributed by atoms with Crippen LogP contribution in [0.25, 0.3) is 10.9 Å². The molecule has 0 saturated heterocycles. The van der Waals surface area contributed by atoms with Gasteiger partial charge in [0.15, 0.2) is 0 Å². The Bertz CT molecular complexity index is 736. The smallest absolute Gasteiger partial charge is 0.218 e. The highest BCUT2D eigenvalue weighted by Crippen LogP contribution is 2.31. The van der Waals surface area contributed by atoms with Crippen molar-refractivity contribution < 1.29 is 9.18 Å². The van der Waals surface area contributed by atoms with Crippen molar-refractivity contribution in [3.8, 4) is 0 Å². The molecule has 0 fully saturated rings. The number of H-pyrrole nitrogens is 1. The number of nitrogens with one attached hydrogen (secondary N) is 1. The molecule has 0 unspecified atom stereocenters. The Kier molecular flexibility index (Phi) is 2.76. The van der Waals surface area contributed by atoms with E-state index in [1.807, 2.05) is 24.3 Å². The van der Waals surface area contributed by atoms with Gasteiger partial charge >= 0.3 is 0 Å². The molecule has 0 radical (unpaired) electrons. The van der Waals surface area contributed by atoms with Crippen LogP contribution < -0.4 is 4.90 Å². The number of aromatic amines is 1. The van der Waals surface area contributed by atoms with Crippen LogP contribution in [0.5, 0.6) is 0 Å². The SMILES string of the molecule is O=CN(c1cccc(F)c1)c1c[nH]c2ccccc12. The summed E-state index contributed by atoms with van der Waals surface area (Å²) in [5.74, 6) is -0.371. The van der Waals surface area contributed by atoms with Crippen LogP contribution >= 0.6 is 0 Å². The number of para-hydroxylation sites is 1. The van der Waals surface area contributed by atoms with E-state index in [1.165, 1.54) is 17.0 Å². The first-order valence-corrected chi connectivity index (χ1v) is 5.86. The number of anilines is 2. The number of benzene rings is 2. The Balaban J connectivity index is 2.15. The van der Waals surface area contributed by atoms with Crippen LogP contribution in [0.4, 0.5) is 15.8 Å². The minimum absolute atomic E-state index is 0.371. The monoisotopic (exact) mass is 254 g/mol. The first-order valence-electron chi connectivity index (χ1n) is 5.86. The van der Waals surface area contributed by atoms with Crippen LogP contribution in [0.2, 0.25) is 0 Å². The molecule has 19 heavy (non-hydrogen) atoms. The van der Waals surface area contributed by atoms with E-state index in [1.54, 1.807) is 18.3 Å². The number of fused-ring (bicyclic) bond motifs is 1. The molecule has 1 amide bonds. The molecule has 0 bridgehead atoms. The lowest BCUT2D eigenvalue weighted by Gasteiger charge is -2.16. The normalized spacial score (nSPS) is 10.6. The summed E-state index contributed by atoms with van der Waals surface area (Å²) in [6, 6.07) is 13.6. The minimum atomic E-state index is -0.371. The van der Waals surface area contributed by atoms with Gasteiger partial charge in [-0.15, -0.1) is 0 Å². The fourth-order valence-electron chi connectivity index (χ4n) is 2.14. The van der Waals surface area contributed by atoms with E-state index in [9.17, 15) is 9.18 Å². The second-order valence-corrected chi connectivity index (χ2v) is 4.17. The summed E-state index contributed by atoms with van der Waals surface area (Å²) >= 11 is 0. The average Bonchev–Trinajstić information content (AvgIpc) is 2.84. The summed E-state index contributed by atoms with van der Waals surface area (Å²) in [6.07, 6.45) is 2.42. The Labute approximate surface area is 109 Å². The number of hydrogen-bond acceptors (Lipinski definition) is 1. The van der Waals surface area contributed by atoms with Crippen LogP contribution in [0, 0.1) is 5.82 Å². The first kappa shape index (κ1) is 11.5. The molecule has 3 nitrogen and oxygen atoms in total. The molecule has 0 spiro atoms. The van der Waals surface area contributed by atoms with E-state index < -0.39 is 0 Å². The van der Waals surface area contributed by atoms with E-state index in [4.69, 9.17) is 0 Å². The van der Waals surface area contributed by atoms with E-state index in [0.717, 1.165) is 10.9 Å². The number of aromatic nitrogens is 1. The molecule has 0 saturated carbocycles. The molecule has 0 aliphatic rings. The van der Waals surface area contributed by atoms with Crippen molar-refractivity contribution in [2.45, 2.75) is 0 Å². The number of carbonyl (C=O) groups is 1. The van der Waals surface area contributed by atoms with Crippen LogP contribution in [0.15, 0.2) is 54.7 Å². The average molecular weight is 254 g/mol. The van der Waals surface area contributed by atoms with Crippen LogP contribution in [0.3, 0.4) is 0 Å². The van der Waals surface area contributed by atoms with Crippen molar-refractivity contribution >= 4 is 28.7 Å². The predicted octanol–water partition coefficient (Wildman–Crippen LogP) is 3.60. The van der Waals surface area contributed by atoms with Gasteiger partial charge in [0.2, 0.25) is 6.41 Å². The van der Waals surface area contributed by atoms with Crippen LogP contribution in [-0.4, -0.2) is 11.4 Å². The third-order valence-corrected chi connectivity index (χ3v) is 3.02. The van der Waals surface area contributed by atoms with Gasteiger partial charge in [-0.05, 0) is 24.3 Å². The largest absolute Gasteiger partial charge is 0.359 e. The maximum atomic E-state index is 13.3. The van der Waals surface area contributed by atoms with E-state index in [0.29, 0.717) is 17.8 Å². The van der Waals surface area contributed by atoms with Crippen LogP contribution in [-0.2, 0) is 4.79 Å². The van der Waals surface area contributed by atoms with Gasteiger partial charge in [-0.25, -0.2) is 4.39 Å². The van der Waals surface area contributed by atoms with Gasteiger partial charge in [-0.3, -0.25) is 9.69 Å². The summed E-state index contributed by atoms with van der Waals surface area (Å²) in [5.41, 5.74) is 2.14. The lowest BCUT2D eigenvalue weighted by atomic mass is 10.2. The highest BCUT2D eigenvalue weighted by molar-refractivity contribution is 6.01. The first-order chi connectivity index (χ1) is 9.29. The number of halogens is 1. The Morgan fingerprint density at radius 3 is 2.74 bits per heavy atom. The van der Waals surface area contributed by atoms with Crippen molar-refractivity contribution in [2.24, 2.45) is 0 Å². The van der Waals surface area contributed by atoms with Crippen molar-refractivity contribution in [1.29, 1.82) is 0 Å².